The van der Waals surface area contributed by atoms with Crippen LogP contribution in [0, 0.1) is 5.41 Å². The van der Waals surface area contributed by atoms with E-state index in [1.165, 1.54) is 11.3 Å². The van der Waals surface area contributed by atoms with Gasteiger partial charge in [-0.25, -0.2) is 0 Å². The molecule has 1 aromatic heterocycles. The normalized spacial score (nSPS) is 11.6. The van der Waals surface area contributed by atoms with Gasteiger partial charge in [-0.15, -0.1) is 0 Å². The number of rotatable bonds is 5. The van der Waals surface area contributed by atoms with Crippen LogP contribution in [0.1, 0.15) is 33.3 Å². The summed E-state index contributed by atoms with van der Waals surface area (Å²) < 4.78 is 0. The number of hydrogen-bond donors (Lipinski definition) is 1. The first-order chi connectivity index (χ1) is 7.94. The van der Waals surface area contributed by atoms with E-state index in [4.69, 9.17) is 0 Å². The van der Waals surface area contributed by atoms with E-state index < -0.39 is 0 Å². The summed E-state index contributed by atoms with van der Waals surface area (Å²) in [5.41, 5.74) is 2.83. The van der Waals surface area contributed by atoms with E-state index in [0.717, 1.165) is 19.6 Å². The maximum atomic E-state index is 4.24. The van der Waals surface area contributed by atoms with Crippen molar-refractivity contribution in [2.24, 2.45) is 5.41 Å². The Hall–Kier alpha value is -1.09. The Bertz CT molecular complexity index is 342. The van der Waals surface area contributed by atoms with E-state index in [2.05, 4.69) is 56.0 Å². The van der Waals surface area contributed by atoms with Crippen molar-refractivity contribution in [3.05, 3.63) is 24.0 Å². The SMILES string of the molecule is CCNCc1ccncc1N(C)CC(C)(C)C. The molecule has 0 aliphatic carbocycles. The van der Waals surface area contributed by atoms with Crippen molar-refractivity contribution in [3.8, 4) is 0 Å². The van der Waals surface area contributed by atoms with Crippen LogP contribution in [0.2, 0.25) is 0 Å². The molecule has 17 heavy (non-hydrogen) atoms. The van der Waals surface area contributed by atoms with Crippen LogP contribution in [0.5, 0.6) is 0 Å². The summed E-state index contributed by atoms with van der Waals surface area (Å²) in [6, 6.07) is 2.09. The lowest BCUT2D eigenvalue weighted by Crippen LogP contribution is -2.30. The zero-order chi connectivity index (χ0) is 12.9. The third-order valence-electron chi connectivity index (χ3n) is 2.58. The maximum absolute atomic E-state index is 4.24. The van der Waals surface area contributed by atoms with Crippen molar-refractivity contribution in [3.63, 3.8) is 0 Å². The average Bonchev–Trinajstić information content (AvgIpc) is 2.24. The van der Waals surface area contributed by atoms with Crippen LogP contribution >= 0.6 is 0 Å². The molecular weight excluding hydrogens is 210 g/mol. The highest BCUT2D eigenvalue weighted by Crippen LogP contribution is 2.22. The molecular formula is C14H25N3. The summed E-state index contributed by atoms with van der Waals surface area (Å²) in [6.07, 6.45) is 3.82. The fourth-order valence-corrected chi connectivity index (χ4v) is 1.96. The molecule has 3 heteroatoms. The second kappa shape index (κ2) is 6.01. The largest absolute Gasteiger partial charge is 0.373 e. The number of hydrogen-bond acceptors (Lipinski definition) is 3. The number of nitrogens with one attached hydrogen (secondary N) is 1. The predicted octanol–water partition coefficient (Wildman–Crippen LogP) is 2.67. The summed E-state index contributed by atoms with van der Waals surface area (Å²) in [6.45, 7) is 11.8. The summed E-state index contributed by atoms with van der Waals surface area (Å²) in [5, 5.41) is 3.37. The lowest BCUT2D eigenvalue weighted by atomic mass is 9.96. The molecule has 1 heterocycles. The van der Waals surface area contributed by atoms with E-state index in [-0.39, 0.29) is 0 Å². The Morgan fingerprint density at radius 2 is 2.06 bits per heavy atom. The predicted molar refractivity (Wildman–Crippen MR) is 74.3 cm³/mol. The van der Waals surface area contributed by atoms with Gasteiger partial charge < -0.3 is 10.2 Å². The first-order valence-electron chi connectivity index (χ1n) is 6.29. The van der Waals surface area contributed by atoms with E-state index in [9.17, 15) is 0 Å². The van der Waals surface area contributed by atoms with Crippen LogP contribution in [-0.2, 0) is 6.54 Å². The van der Waals surface area contributed by atoms with Gasteiger partial charge in [0.2, 0.25) is 0 Å². The lowest BCUT2D eigenvalue weighted by molar-refractivity contribution is 0.418. The highest BCUT2D eigenvalue weighted by Gasteiger charge is 2.15. The third-order valence-corrected chi connectivity index (χ3v) is 2.58. The molecule has 0 fully saturated rings. The highest BCUT2D eigenvalue weighted by molar-refractivity contribution is 5.51. The minimum atomic E-state index is 0.292. The van der Waals surface area contributed by atoms with E-state index in [1.54, 1.807) is 0 Å². The first-order valence-corrected chi connectivity index (χ1v) is 6.29. The molecule has 1 rings (SSSR count). The van der Waals surface area contributed by atoms with Gasteiger partial charge in [0.05, 0.1) is 11.9 Å². The molecule has 0 saturated carbocycles. The van der Waals surface area contributed by atoms with Crippen molar-refractivity contribution in [1.82, 2.24) is 10.3 Å². The Kier molecular flexibility index (Phi) is 4.94. The zero-order valence-electron chi connectivity index (χ0n) is 11.7. The topological polar surface area (TPSA) is 28.2 Å². The molecule has 0 unspecified atom stereocenters. The van der Waals surface area contributed by atoms with E-state index >= 15 is 0 Å². The smallest absolute Gasteiger partial charge is 0.0595 e. The Morgan fingerprint density at radius 1 is 1.35 bits per heavy atom. The Balaban J connectivity index is 2.81. The van der Waals surface area contributed by atoms with Crippen molar-refractivity contribution in [2.75, 3.05) is 25.0 Å². The highest BCUT2D eigenvalue weighted by atomic mass is 15.1. The summed E-state index contributed by atoms with van der Waals surface area (Å²) >= 11 is 0. The number of aromatic nitrogens is 1. The van der Waals surface area contributed by atoms with Gasteiger partial charge in [-0.1, -0.05) is 27.7 Å². The van der Waals surface area contributed by atoms with Crippen LogP contribution < -0.4 is 10.2 Å². The van der Waals surface area contributed by atoms with E-state index in [1.807, 2.05) is 12.4 Å². The van der Waals surface area contributed by atoms with Crippen LogP contribution in [0.25, 0.3) is 0 Å². The molecule has 0 bridgehead atoms. The molecule has 0 radical (unpaired) electrons. The number of nitrogens with zero attached hydrogens (tertiary/aromatic N) is 2. The van der Waals surface area contributed by atoms with Crippen molar-refractivity contribution < 1.29 is 0 Å². The summed E-state index contributed by atoms with van der Waals surface area (Å²) in [4.78, 5) is 6.53. The Morgan fingerprint density at radius 3 is 2.65 bits per heavy atom. The van der Waals surface area contributed by atoms with Crippen LogP contribution in [-0.4, -0.2) is 25.1 Å². The number of anilines is 1. The Labute approximate surface area is 105 Å². The first kappa shape index (κ1) is 14.0. The van der Waals surface area contributed by atoms with Crippen LogP contribution in [0.3, 0.4) is 0 Å². The van der Waals surface area contributed by atoms with Gasteiger partial charge >= 0.3 is 0 Å². The van der Waals surface area contributed by atoms with Gasteiger partial charge in [-0.2, -0.15) is 0 Å². The fraction of sp³-hybridized carbons (Fsp3) is 0.643. The van der Waals surface area contributed by atoms with Crippen LogP contribution in [0.15, 0.2) is 18.5 Å². The quantitative estimate of drug-likeness (QED) is 0.850. The van der Waals surface area contributed by atoms with Crippen molar-refractivity contribution in [1.29, 1.82) is 0 Å². The second-order valence-corrected chi connectivity index (χ2v) is 5.70. The standard InChI is InChI=1S/C14H25N3/c1-6-15-9-12-7-8-16-10-13(12)17(5)11-14(2,3)4/h7-8,10,15H,6,9,11H2,1-5H3. The number of pyridine rings is 1. The molecule has 1 aromatic rings. The average molecular weight is 235 g/mol. The van der Waals surface area contributed by atoms with Crippen molar-refractivity contribution >= 4 is 5.69 Å². The van der Waals surface area contributed by atoms with Gasteiger partial charge in [0.15, 0.2) is 0 Å². The van der Waals surface area contributed by atoms with Gasteiger partial charge in [-0.3, -0.25) is 4.98 Å². The minimum absolute atomic E-state index is 0.292. The molecule has 0 aliphatic rings. The summed E-state index contributed by atoms with van der Waals surface area (Å²) in [5.74, 6) is 0. The molecule has 0 spiro atoms. The van der Waals surface area contributed by atoms with Crippen LogP contribution in [0.4, 0.5) is 5.69 Å². The lowest BCUT2D eigenvalue weighted by Gasteiger charge is -2.29. The maximum Gasteiger partial charge on any atom is 0.0595 e. The van der Waals surface area contributed by atoms with Gasteiger partial charge in [0.25, 0.3) is 0 Å². The second-order valence-electron chi connectivity index (χ2n) is 5.70. The molecule has 96 valence electrons. The monoisotopic (exact) mass is 235 g/mol. The molecule has 0 saturated heterocycles. The molecule has 0 aliphatic heterocycles. The minimum Gasteiger partial charge on any atom is -0.373 e. The van der Waals surface area contributed by atoms with Gasteiger partial charge in [-0.05, 0) is 23.6 Å². The summed E-state index contributed by atoms with van der Waals surface area (Å²) in [7, 11) is 2.14. The van der Waals surface area contributed by atoms with Crippen molar-refractivity contribution in [2.45, 2.75) is 34.2 Å². The third kappa shape index (κ3) is 4.73. The fourth-order valence-electron chi connectivity index (χ4n) is 1.96. The van der Waals surface area contributed by atoms with E-state index in [0.29, 0.717) is 5.41 Å². The molecule has 0 aromatic carbocycles. The van der Waals surface area contributed by atoms with Gasteiger partial charge in [0.1, 0.15) is 0 Å². The molecule has 1 N–H and O–H groups in total. The zero-order valence-corrected chi connectivity index (χ0v) is 11.7. The molecule has 0 amide bonds. The van der Waals surface area contributed by atoms with Gasteiger partial charge in [0, 0.05) is 26.3 Å². The molecule has 0 atom stereocenters. The molecule has 3 nitrogen and oxygen atoms in total.